The minimum atomic E-state index is 0.674. The van der Waals surface area contributed by atoms with Crippen LogP contribution in [0, 0.1) is 0 Å². The van der Waals surface area contributed by atoms with Crippen molar-refractivity contribution in [1.29, 1.82) is 0 Å². The number of hydrogen-bond donors (Lipinski definition) is 1. The van der Waals surface area contributed by atoms with E-state index in [9.17, 15) is 0 Å². The Balaban J connectivity index is 1.77. The third-order valence-corrected chi connectivity index (χ3v) is 5.04. The number of nitrogens with one attached hydrogen (secondary N) is 1. The van der Waals surface area contributed by atoms with Crippen LogP contribution in [0.25, 0.3) is 22.0 Å². The summed E-state index contributed by atoms with van der Waals surface area (Å²) >= 11 is 6.86. The molecule has 0 saturated heterocycles. The second-order valence-electron chi connectivity index (χ2n) is 6.00. The lowest BCUT2D eigenvalue weighted by Crippen LogP contribution is -2.00. The number of anilines is 1. The van der Waals surface area contributed by atoms with E-state index in [1.807, 2.05) is 55.5 Å². The number of nitrogens with zero attached hydrogens (tertiary/aromatic N) is 2. The molecule has 0 spiro atoms. The second-order valence-corrected chi connectivity index (χ2v) is 7.69. The Morgan fingerprint density at radius 2 is 1.81 bits per heavy atom. The summed E-state index contributed by atoms with van der Waals surface area (Å²) in [5, 5.41) is 5.50. The molecule has 6 heteroatoms. The summed E-state index contributed by atoms with van der Waals surface area (Å²) in [6, 6.07) is 22.1. The maximum atomic E-state index is 5.53. The third-order valence-electron chi connectivity index (χ3n) is 4.12. The third kappa shape index (κ3) is 3.96. The topological polar surface area (TPSA) is 50.4 Å². The Morgan fingerprint density at radius 1 is 1.00 bits per heavy atom. The lowest BCUT2D eigenvalue weighted by atomic mass is 10.0. The summed E-state index contributed by atoms with van der Waals surface area (Å²) in [5.41, 5.74) is 6.92. The first-order chi connectivity index (χ1) is 13.1. The van der Waals surface area contributed by atoms with Crippen LogP contribution in [0.4, 0.5) is 5.82 Å². The number of hydrogen-bond acceptors (Lipinski definition) is 4. The molecule has 1 N–H and O–H groups in total. The first kappa shape index (κ1) is 17.9. The van der Waals surface area contributed by atoms with Gasteiger partial charge in [0.1, 0.15) is 11.5 Å². The molecule has 0 aliphatic carbocycles. The van der Waals surface area contributed by atoms with Crippen molar-refractivity contribution in [3.63, 3.8) is 0 Å². The minimum Gasteiger partial charge on any atom is -0.448 e. The van der Waals surface area contributed by atoms with E-state index in [2.05, 4.69) is 60.6 Å². The molecule has 27 heavy (non-hydrogen) atoms. The van der Waals surface area contributed by atoms with Gasteiger partial charge in [-0.1, -0.05) is 46.3 Å². The molecular weight excluding hydrogens is 470 g/mol. The molecule has 4 rings (SSSR count). The first-order valence-corrected chi connectivity index (χ1v) is 9.90. The molecule has 2 aromatic heterocycles. The van der Waals surface area contributed by atoms with Gasteiger partial charge in [0.05, 0.1) is 5.52 Å². The predicted octanol–water partition coefficient (Wildman–Crippen LogP) is 6.86. The zero-order valence-electron chi connectivity index (χ0n) is 14.4. The van der Waals surface area contributed by atoms with E-state index in [1.165, 1.54) is 0 Å². The van der Waals surface area contributed by atoms with Gasteiger partial charge in [0.2, 0.25) is 0 Å². The monoisotopic (exact) mass is 483 g/mol. The van der Waals surface area contributed by atoms with Crippen LogP contribution in [0.15, 0.2) is 85.4 Å². The number of hydrazone groups is 1. The molecule has 0 saturated carbocycles. The summed E-state index contributed by atoms with van der Waals surface area (Å²) in [5.74, 6) is 1.37. The predicted molar refractivity (Wildman–Crippen MR) is 117 cm³/mol. The van der Waals surface area contributed by atoms with Gasteiger partial charge in [-0.25, -0.2) is 4.98 Å². The van der Waals surface area contributed by atoms with Crippen LogP contribution in [0.3, 0.4) is 0 Å². The van der Waals surface area contributed by atoms with Crippen molar-refractivity contribution >= 4 is 54.3 Å². The molecule has 0 bridgehead atoms. The highest BCUT2D eigenvalue weighted by Crippen LogP contribution is 2.32. The van der Waals surface area contributed by atoms with E-state index in [1.54, 1.807) is 0 Å². The van der Waals surface area contributed by atoms with Crippen molar-refractivity contribution < 1.29 is 4.42 Å². The first-order valence-electron chi connectivity index (χ1n) is 8.32. The highest BCUT2D eigenvalue weighted by Gasteiger charge is 2.09. The molecule has 0 fully saturated rings. The number of furan rings is 1. The van der Waals surface area contributed by atoms with E-state index in [0.717, 1.165) is 32.2 Å². The van der Waals surface area contributed by atoms with Crippen molar-refractivity contribution in [2.24, 2.45) is 5.10 Å². The summed E-state index contributed by atoms with van der Waals surface area (Å²) < 4.78 is 7.22. The maximum Gasteiger partial charge on any atom is 0.169 e. The van der Waals surface area contributed by atoms with E-state index in [-0.39, 0.29) is 0 Å². The summed E-state index contributed by atoms with van der Waals surface area (Å²) in [4.78, 5) is 4.69. The molecule has 0 aliphatic rings. The van der Waals surface area contributed by atoms with E-state index in [4.69, 9.17) is 9.40 Å². The fourth-order valence-electron chi connectivity index (χ4n) is 2.82. The van der Waals surface area contributed by atoms with Crippen molar-refractivity contribution in [3.8, 4) is 11.1 Å². The standard InChI is InChI=1S/C21H15Br2N3O/c1-13(19-9-10-20(23)27-19)25-26-21-12-16(14-5-3-2-4-6-14)17-11-15(22)7-8-18(17)24-21/h2-12H,1H3,(H,24,26)/b25-13+. The van der Waals surface area contributed by atoms with Gasteiger partial charge in [-0.15, -0.1) is 0 Å². The number of pyridine rings is 1. The van der Waals surface area contributed by atoms with Crippen LogP contribution in [0.5, 0.6) is 0 Å². The van der Waals surface area contributed by atoms with Gasteiger partial charge in [-0.3, -0.25) is 5.43 Å². The molecular formula is C21H15Br2N3O. The van der Waals surface area contributed by atoms with Crippen molar-refractivity contribution in [2.45, 2.75) is 6.92 Å². The molecule has 0 aliphatic heterocycles. The number of aromatic nitrogens is 1. The average Bonchev–Trinajstić information content (AvgIpc) is 3.13. The van der Waals surface area contributed by atoms with Gasteiger partial charge in [0, 0.05) is 9.86 Å². The van der Waals surface area contributed by atoms with Gasteiger partial charge in [0.15, 0.2) is 10.4 Å². The fraction of sp³-hybridized carbons (Fsp3) is 0.0476. The van der Waals surface area contributed by atoms with Crippen LogP contribution in [-0.4, -0.2) is 10.7 Å². The highest BCUT2D eigenvalue weighted by molar-refractivity contribution is 9.10. The lowest BCUT2D eigenvalue weighted by Gasteiger charge is -2.10. The summed E-state index contributed by atoms with van der Waals surface area (Å²) in [6.45, 7) is 1.88. The molecule has 4 aromatic rings. The fourth-order valence-corrected chi connectivity index (χ4v) is 3.48. The quantitative estimate of drug-likeness (QED) is 0.254. The van der Waals surface area contributed by atoms with Crippen LogP contribution < -0.4 is 5.43 Å². The molecule has 0 radical (unpaired) electrons. The SMILES string of the molecule is C/C(=N\Nc1cc(-c2ccccc2)c2cc(Br)ccc2n1)c1ccc(Br)o1. The second kappa shape index (κ2) is 7.66. The van der Waals surface area contributed by atoms with Crippen LogP contribution in [-0.2, 0) is 0 Å². The molecule has 2 heterocycles. The molecule has 0 unspecified atom stereocenters. The molecule has 2 aromatic carbocycles. The molecule has 4 nitrogen and oxygen atoms in total. The van der Waals surface area contributed by atoms with Gasteiger partial charge >= 0.3 is 0 Å². The Hall–Kier alpha value is -2.44. The smallest absolute Gasteiger partial charge is 0.169 e. The molecule has 0 atom stereocenters. The summed E-state index contributed by atoms with van der Waals surface area (Å²) in [6.07, 6.45) is 0. The van der Waals surface area contributed by atoms with E-state index in [0.29, 0.717) is 16.2 Å². The van der Waals surface area contributed by atoms with Gasteiger partial charge < -0.3 is 4.42 Å². The van der Waals surface area contributed by atoms with Crippen molar-refractivity contribution in [2.75, 3.05) is 5.43 Å². The maximum absolute atomic E-state index is 5.53. The Morgan fingerprint density at radius 3 is 2.56 bits per heavy atom. The largest absolute Gasteiger partial charge is 0.448 e. The minimum absolute atomic E-state index is 0.674. The molecule has 0 amide bonds. The van der Waals surface area contributed by atoms with Gasteiger partial charge in [-0.05, 0) is 70.4 Å². The van der Waals surface area contributed by atoms with Gasteiger partial charge in [-0.2, -0.15) is 5.10 Å². The average molecular weight is 485 g/mol. The number of benzene rings is 2. The molecule has 134 valence electrons. The van der Waals surface area contributed by atoms with Crippen LogP contribution in [0.2, 0.25) is 0 Å². The number of halogens is 2. The van der Waals surface area contributed by atoms with Crippen LogP contribution >= 0.6 is 31.9 Å². The van der Waals surface area contributed by atoms with E-state index >= 15 is 0 Å². The Labute approximate surface area is 173 Å². The van der Waals surface area contributed by atoms with E-state index < -0.39 is 0 Å². The van der Waals surface area contributed by atoms with Crippen LogP contribution in [0.1, 0.15) is 12.7 Å². The lowest BCUT2D eigenvalue weighted by molar-refractivity contribution is 0.532. The van der Waals surface area contributed by atoms with Crippen molar-refractivity contribution in [1.82, 2.24) is 4.98 Å². The zero-order chi connectivity index (χ0) is 18.8. The van der Waals surface area contributed by atoms with Crippen molar-refractivity contribution in [3.05, 3.63) is 81.6 Å². The highest BCUT2D eigenvalue weighted by atomic mass is 79.9. The number of rotatable bonds is 4. The Kier molecular flexibility index (Phi) is 5.09. The normalized spacial score (nSPS) is 11.7. The summed E-state index contributed by atoms with van der Waals surface area (Å²) in [7, 11) is 0. The Bertz CT molecular complexity index is 1140. The number of fused-ring (bicyclic) bond motifs is 1. The zero-order valence-corrected chi connectivity index (χ0v) is 17.6. The van der Waals surface area contributed by atoms with Gasteiger partial charge in [0.25, 0.3) is 0 Å².